The van der Waals surface area contributed by atoms with Gasteiger partial charge in [0, 0.05) is 29.6 Å². The summed E-state index contributed by atoms with van der Waals surface area (Å²) in [7, 11) is 3.35. The van der Waals surface area contributed by atoms with Gasteiger partial charge in [-0.25, -0.2) is 0 Å². The molecule has 0 unspecified atom stereocenters. The molecule has 0 radical (unpaired) electrons. The number of nitrogens with one attached hydrogen (secondary N) is 1. The molecule has 3 aromatic rings. The van der Waals surface area contributed by atoms with Crippen LogP contribution >= 0.6 is 11.8 Å². The average Bonchev–Trinajstić information content (AvgIpc) is 2.81. The predicted molar refractivity (Wildman–Crippen MR) is 129 cm³/mol. The third-order valence-electron chi connectivity index (χ3n) is 5.29. The van der Waals surface area contributed by atoms with Crippen LogP contribution in [0.25, 0.3) is 6.08 Å². The largest absolute Gasteiger partial charge is 0.496 e. The molecule has 6 heteroatoms. The van der Waals surface area contributed by atoms with Crippen molar-refractivity contribution in [1.29, 1.82) is 0 Å². The molecule has 3 aromatic carbocycles. The van der Waals surface area contributed by atoms with E-state index in [1.807, 2.05) is 67.6 Å². The smallest absolute Gasteiger partial charge is 0.264 e. The molecule has 1 aliphatic rings. The lowest BCUT2D eigenvalue weighted by molar-refractivity contribution is -0.114. The van der Waals surface area contributed by atoms with E-state index < -0.39 is 0 Å². The second-order valence-corrected chi connectivity index (χ2v) is 8.65. The Kier molecular flexibility index (Phi) is 6.32. The van der Waals surface area contributed by atoms with Gasteiger partial charge in [0.15, 0.2) is 0 Å². The molecule has 1 heterocycles. The summed E-state index contributed by atoms with van der Waals surface area (Å²) in [5.41, 5.74) is 4.27. The number of thioether (sulfide) groups is 1. The zero-order valence-electron chi connectivity index (χ0n) is 18.2. The van der Waals surface area contributed by atoms with Crippen molar-refractivity contribution < 1.29 is 14.3 Å². The molecular formula is C26H24N2O3S. The van der Waals surface area contributed by atoms with Crippen LogP contribution in [0.15, 0.2) is 76.5 Å². The normalized spacial score (nSPS) is 14.3. The van der Waals surface area contributed by atoms with Gasteiger partial charge in [-0.05, 0) is 42.8 Å². The quantitative estimate of drug-likeness (QED) is 0.560. The minimum atomic E-state index is -0.203. The Morgan fingerprint density at radius 2 is 1.91 bits per heavy atom. The van der Waals surface area contributed by atoms with Crippen molar-refractivity contribution in [3.05, 3.63) is 93.9 Å². The fraction of sp³-hybridized carbons (Fsp3) is 0.154. The van der Waals surface area contributed by atoms with E-state index in [2.05, 4.69) is 5.32 Å². The lowest BCUT2D eigenvalue weighted by atomic mass is 10.1. The van der Waals surface area contributed by atoms with E-state index in [-0.39, 0.29) is 11.8 Å². The molecule has 0 atom stereocenters. The van der Waals surface area contributed by atoms with Crippen LogP contribution in [-0.4, -0.2) is 26.0 Å². The van der Waals surface area contributed by atoms with E-state index in [0.717, 1.165) is 33.0 Å². The number of rotatable bonds is 5. The Morgan fingerprint density at radius 1 is 1.09 bits per heavy atom. The highest BCUT2D eigenvalue weighted by Crippen LogP contribution is 2.42. The Bertz CT molecular complexity index is 1220. The van der Waals surface area contributed by atoms with Gasteiger partial charge in [0.05, 0.1) is 17.7 Å². The van der Waals surface area contributed by atoms with E-state index >= 15 is 0 Å². The van der Waals surface area contributed by atoms with Crippen molar-refractivity contribution in [2.45, 2.75) is 18.4 Å². The molecule has 0 saturated heterocycles. The summed E-state index contributed by atoms with van der Waals surface area (Å²) in [4.78, 5) is 28.9. The van der Waals surface area contributed by atoms with Gasteiger partial charge in [-0.15, -0.1) is 0 Å². The third kappa shape index (κ3) is 4.55. The molecule has 0 aliphatic carbocycles. The van der Waals surface area contributed by atoms with Gasteiger partial charge in [0.25, 0.3) is 11.8 Å². The first-order chi connectivity index (χ1) is 15.5. The maximum atomic E-state index is 13.0. The predicted octanol–water partition coefficient (Wildman–Crippen LogP) is 5.04. The third-order valence-corrected chi connectivity index (χ3v) is 6.37. The van der Waals surface area contributed by atoms with E-state index in [1.54, 1.807) is 31.2 Å². The van der Waals surface area contributed by atoms with Crippen molar-refractivity contribution in [2.75, 3.05) is 19.1 Å². The number of nitrogens with zero attached hydrogens (tertiary/aromatic N) is 1. The fourth-order valence-electron chi connectivity index (χ4n) is 3.57. The number of hydrogen-bond donors (Lipinski definition) is 1. The number of fused-ring (bicyclic) bond motifs is 1. The Hall–Kier alpha value is -3.51. The number of likely N-dealkylation sites (N-methyl/N-ethyl adjacent to an activating group) is 1. The minimum Gasteiger partial charge on any atom is -0.496 e. The van der Waals surface area contributed by atoms with Gasteiger partial charge in [-0.2, -0.15) is 0 Å². The maximum absolute atomic E-state index is 13.0. The number of carbonyl (C=O) groups excluding carboxylic acids is 2. The number of amides is 2. The van der Waals surface area contributed by atoms with Crippen LogP contribution in [-0.2, 0) is 11.3 Å². The van der Waals surface area contributed by atoms with Crippen LogP contribution in [0.1, 0.15) is 27.0 Å². The number of benzene rings is 3. The number of ether oxygens (including phenoxy) is 1. The number of hydrogen-bond acceptors (Lipinski definition) is 4. The number of para-hydroxylation sites is 1. The molecule has 32 heavy (non-hydrogen) atoms. The van der Waals surface area contributed by atoms with Gasteiger partial charge in [-0.3, -0.25) is 9.59 Å². The van der Waals surface area contributed by atoms with Gasteiger partial charge < -0.3 is 15.0 Å². The first kappa shape index (κ1) is 21.7. The first-order valence-electron chi connectivity index (χ1n) is 10.2. The molecule has 0 aromatic heterocycles. The summed E-state index contributed by atoms with van der Waals surface area (Å²) in [5, 5.41) is 2.93. The standard InChI is InChI=1S/C26H24N2O3S/c1-17-7-6-8-18(13-17)14-24-26(30)28(2)21-15-19(11-12-23(21)32-24)25(29)27-16-20-9-4-5-10-22(20)31-3/h4-15H,16H2,1-3H3,(H,27,29). The number of anilines is 1. The topological polar surface area (TPSA) is 58.6 Å². The van der Waals surface area contributed by atoms with Crippen LogP contribution in [0.4, 0.5) is 5.69 Å². The molecule has 4 rings (SSSR count). The average molecular weight is 445 g/mol. The van der Waals surface area contributed by atoms with Gasteiger partial charge in [0.1, 0.15) is 5.75 Å². The molecule has 1 aliphatic heterocycles. The van der Waals surface area contributed by atoms with E-state index in [9.17, 15) is 9.59 Å². The minimum absolute atomic E-state index is 0.0874. The van der Waals surface area contributed by atoms with Crippen molar-refractivity contribution >= 4 is 35.3 Å². The summed E-state index contributed by atoms with van der Waals surface area (Å²) < 4.78 is 5.34. The summed E-state index contributed by atoms with van der Waals surface area (Å²) in [6, 6.07) is 21.1. The fourth-order valence-corrected chi connectivity index (χ4v) is 4.67. The van der Waals surface area contributed by atoms with Crippen LogP contribution < -0.4 is 15.0 Å². The molecular weight excluding hydrogens is 420 g/mol. The summed E-state index contributed by atoms with van der Waals surface area (Å²) in [6.45, 7) is 2.38. The van der Waals surface area contributed by atoms with Crippen LogP contribution in [0.5, 0.6) is 5.75 Å². The van der Waals surface area contributed by atoms with Gasteiger partial charge in [0.2, 0.25) is 0 Å². The zero-order valence-corrected chi connectivity index (χ0v) is 19.0. The zero-order chi connectivity index (χ0) is 22.7. The first-order valence-corrected chi connectivity index (χ1v) is 11.1. The molecule has 0 saturated carbocycles. The lowest BCUT2D eigenvalue weighted by Gasteiger charge is -2.27. The van der Waals surface area contributed by atoms with Crippen molar-refractivity contribution in [3.63, 3.8) is 0 Å². The summed E-state index contributed by atoms with van der Waals surface area (Å²) >= 11 is 1.43. The highest BCUT2D eigenvalue weighted by Gasteiger charge is 2.27. The molecule has 1 N–H and O–H groups in total. The summed E-state index contributed by atoms with van der Waals surface area (Å²) in [5.74, 6) is 0.439. The number of aryl methyl sites for hydroxylation is 1. The monoisotopic (exact) mass is 444 g/mol. The van der Waals surface area contributed by atoms with Gasteiger partial charge in [-0.1, -0.05) is 59.8 Å². The van der Waals surface area contributed by atoms with E-state index in [0.29, 0.717) is 17.0 Å². The van der Waals surface area contributed by atoms with Crippen LogP contribution in [0.2, 0.25) is 0 Å². The van der Waals surface area contributed by atoms with Crippen molar-refractivity contribution in [2.24, 2.45) is 0 Å². The Balaban J connectivity index is 1.53. The van der Waals surface area contributed by atoms with Crippen molar-refractivity contribution in [3.8, 4) is 5.75 Å². The molecule has 0 spiro atoms. The molecule has 0 bridgehead atoms. The van der Waals surface area contributed by atoms with Gasteiger partial charge >= 0.3 is 0 Å². The molecule has 5 nitrogen and oxygen atoms in total. The van der Waals surface area contributed by atoms with Crippen LogP contribution in [0.3, 0.4) is 0 Å². The molecule has 162 valence electrons. The van der Waals surface area contributed by atoms with Crippen molar-refractivity contribution in [1.82, 2.24) is 5.32 Å². The highest BCUT2D eigenvalue weighted by atomic mass is 32.2. The second-order valence-electron chi connectivity index (χ2n) is 7.57. The number of methoxy groups -OCH3 is 1. The Labute approximate surface area is 192 Å². The molecule has 2 amide bonds. The lowest BCUT2D eigenvalue weighted by Crippen LogP contribution is -2.31. The second kappa shape index (κ2) is 9.32. The highest BCUT2D eigenvalue weighted by molar-refractivity contribution is 8.04. The maximum Gasteiger partial charge on any atom is 0.264 e. The SMILES string of the molecule is COc1ccccc1CNC(=O)c1ccc2c(c1)N(C)C(=O)C(=Cc1cccc(C)c1)S2. The molecule has 0 fully saturated rings. The Morgan fingerprint density at radius 3 is 2.69 bits per heavy atom. The summed E-state index contributed by atoms with van der Waals surface area (Å²) in [6.07, 6.45) is 1.91. The van der Waals surface area contributed by atoms with E-state index in [1.165, 1.54) is 11.8 Å². The van der Waals surface area contributed by atoms with Crippen LogP contribution in [0, 0.1) is 6.92 Å². The number of carbonyl (C=O) groups is 2. The van der Waals surface area contributed by atoms with E-state index in [4.69, 9.17) is 4.74 Å².